The van der Waals surface area contributed by atoms with Gasteiger partial charge in [0.15, 0.2) is 0 Å². The summed E-state index contributed by atoms with van der Waals surface area (Å²) in [6.07, 6.45) is 3.93. The van der Waals surface area contributed by atoms with Crippen molar-refractivity contribution in [2.24, 2.45) is 19.1 Å². The summed E-state index contributed by atoms with van der Waals surface area (Å²) in [5.74, 6) is 1.53. The Bertz CT molecular complexity index is 509. The van der Waals surface area contributed by atoms with Gasteiger partial charge in [0.1, 0.15) is 12.4 Å². The van der Waals surface area contributed by atoms with Crippen LogP contribution >= 0.6 is 0 Å². The molecule has 0 N–H and O–H groups in total. The van der Waals surface area contributed by atoms with E-state index >= 15 is 0 Å². The molecule has 0 spiro atoms. The van der Waals surface area contributed by atoms with Crippen molar-refractivity contribution >= 4 is 11.6 Å². The Balaban J connectivity index is 2.44. The molecule has 0 aliphatic heterocycles. The van der Waals surface area contributed by atoms with Crippen molar-refractivity contribution in [2.45, 2.75) is 0 Å². The minimum atomic E-state index is 0.603. The number of aryl methyl sites for hydroxylation is 2. The van der Waals surface area contributed by atoms with Crippen LogP contribution in [0.1, 0.15) is 5.82 Å². The van der Waals surface area contributed by atoms with Gasteiger partial charge in [-0.1, -0.05) is 18.2 Å². The highest BCUT2D eigenvalue weighted by Crippen LogP contribution is 2.12. The van der Waals surface area contributed by atoms with E-state index in [1.54, 1.807) is 7.11 Å². The molecule has 0 radical (unpaired) electrons. The zero-order chi connectivity index (χ0) is 12.3. The predicted octanol–water partition coefficient (Wildman–Crippen LogP) is 1.57. The number of methoxy groups -OCH3 is 1. The zero-order valence-electron chi connectivity index (χ0n) is 10.3. The highest BCUT2D eigenvalue weighted by Gasteiger charge is 2.19. The summed E-state index contributed by atoms with van der Waals surface area (Å²) in [6.45, 7) is 0. The van der Waals surface area contributed by atoms with Gasteiger partial charge in [-0.3, -0.25) is 0 Å². The third-order valence-electron chi connectivity index (χ3n) is 2.55. The van der Waals surface area contributed by atoms with Gasteiger partial charge in [0, 0.05) is 0 Å². The number of hydrogen-bond donors (Lipinski definition) is 0. The van der Waals surface area contributed by atoms with Gasteiger partial charge in [0.05, 0.1) is 26.9 Å². The molecule has 1 aromatic heterocycles. The molecule has 17 heavy (non-hydrogen) atoms. The third kappa shape index (κ3) is 2.36. The molecule has 0 saturated carbocycles. The van der Waals surface area contributed by atoms with E-state index in [9.17, 15) is 0 Å². The zero-order valence-corrected chi connectivity index (χ0v) is 10.3. The number of ether oxygens (including phenoxy) is 1. The maximum atomic E-state index is 5.37. The van der Waals surface area contributed by atoms with Crippen LogP contribution in [0.3, 0.4) is 0 Å². The standard InChI is InChI=1S/C13H16N3O/c1-15-9-10-16(2)13(15)12(17-3)14-11-7-5-4-6-8-11/h4-10H,1-3H3/q+1. The van der Waals surface area contributed by atoms with Crippen LogP contribution < -0.4 is 4.57 Å². The second-order valence-electron chi connectivity index (χ2n) is 3.80. The maximum Gasteiger partial charge on any atom is 0.344 e. The monoisotopic (exact) mass is 230 g/mol. The summed E-state index contributed by atoms with van der Waals surface area (Å²) in [4.78, 5) is 4.49. The quantitative estimate of drug-likeness (QED) is 0.437. The Morgan fingerprint density at radius 1 is 1.29 bits per heavy atom. The Morgan fingerprint density at radius 2 is 2.00 bits per heavy atom. The maximum absolute atomic E-state index is 5.37. The van der Waals surface area contributed by atoms with Crippen molar-refractivity contribution in [1.29, 1.82) is 0 Å². The van der Waals surface area contributed by atoms with Crippen molar-refractivity contribution in [3.8, 4) is 0 Å². The molecule has 1 aromatic carbocycles. The van der Waals surface area contributed by atoms with E-state index in [4.69, 9.17) is 4.74 Å². The molecule has 1 heterocycles. The molecular weight excluding hydrogens is 214 g/mol. The number of aliphatic imine (C=N–C) groups is 1. The largest absolute Gasteiger partial charge is 0.475 e. The topological polar surface area (TPSA) is 30.4 Å². The van der Waals surface area contributed by atoms with E-state index in [1.165, 1.54) is 0 Å². The van der Waals surface area contributed by atoms with Crippen LogP contribution in [0.15, 0.2) is 47.7 Å². The van der Waals surface area contributed by atoms with E-state index in [2.05, 4.69) is 4.99 Å². The van der Waals surface area contributed by atoms with Crippen LogP contribution in [0, 0.1) is 0 Å². The van der Waals surface area contributed by atoms with E-state index in [0.29, 0.717) is 5.90 Å². The van der Waals surface area contributed by atoms with E-state index in [1.807, 2.05) is 66.0 Å². The van der Waals surface area contributed by atoms with Gasteiger partial charge >= 0.3 is 11.7 Å². The lowest BCUT2D eigenvalue weighted by atomic mass is 10.3. The Morgan fingerprint density at radius 3 is 2.53 bits per heavy atom. The minimum absolute atomic E-state index is 0.603. The van der Waals surface area contributed by atoms with Crippen LogP contribution in [-0.2, 0) is 18.8 Å². The number of rotatable bonds is 2. The van der Waals surface area contributed by atoms with Crippen LogP contribution in [0.25, 0.3) is 0 Å². The number of para-hydroxylation sites is 1. The molecule has 0 saturated heterocycles. The Hall–Kier alpha value is -2.10. The highest BCUT2D eigenvalue weighted by molar-refractivity contribution is 5.91. The second kappa shape index (κ2) is 4.82. The Labute approximate surface area is 101 Å². The number of aromatic nitrogens is 2. The van der Waals surface area contributed by atoms with Crippen molar-refractivity contribution < 1.29 is 9.30 Å². The molecule has 2 aromatic rings. The summed E-state index contributed by atoms with van der Waals surface area (Å²) in [7, 11) is 5.57. The first-order chi connectivity index (χ1) is 8.22. The first kappa shape index (κ1) is 11.4. The van der Waals surface area contributed by atoms with Gasteiger partial charge in [0.2, 0.25) is 0 Å². The molecule has 0 fully saturated rings. The second-order valence-corrected chi connectivity index (χ2v) is 3.80. The van der Waals surface area contributed by atoms with Crippen molar-refractivity contribution in [1.82, 2.24) is 4.57 Å². The molecular formula is C13H16N3O+. The summed E-state index contributed by atoms with van der Waals surface area (Å²) < 4.78 is 9.32. The number of hydrogen-bond acceptors (Lipinski definition) is 2. The summed E-state index contributed by atoms with van der Waals surface area (Å²) >= 11 is 0. The highest BCUT2D eigenvalue weighted by atomic mass is 16.5. The average Bonchev–Trinajstić information content (AvgIpc) is 2.68. The first-order valence-electron chi connectivity index (χ1n) is 5.41. The first-order valence-corrected chi connectivity index (χ1v) is 5.41. The van der Waals surface area contributed by atoms with Crippen LogP contribution in [-0.4, -0.2) is 17.6 Å². The molecule has 4 heteroatoms. The minimum Gasteiger partial charge on any atom is -0.475 e. The van der Waals surface area contributed by atoms with Crippen molar-refractivity contribution in [3.05, 3.63) is 48.5 Å². The van der Waals surface area contributed by atoms with Gasteiger partial charge < -0.3 is 4.74 Å². The number of imidazole rings is 1. The number of nitrogens with zero attached hydrogens (tertiary/aromatic N) is 3. The predicted molar refractivity (Wildman–Crippen MR) is 66.2 cm³/mol. The van der Waals surface area contributed by atoms with Gasteiger partial charge in [-0.05, 0) is 12.1 Å². The molecule has 4 nitrogen and oxygen atoms in total. The van der Waals surface area contributed by atoms with E-state index in [0.717, 1.165) is 11.5 Å². The molecule has 0 unspecified atom stereocenters. The molecule has 0 aliphatic carbocycles. The molecule has 2 rings (SSSR count). The fraction of sp³-hybridized carbons (Fsp3) is 0.231. The smallest absolute Gasteiger partial charge is 0.344 e. The van der Waals surface area contributed by atoms with Gasteiger partial charge in [-0.15, -0.1) is 0 Å². The van der Waals surface area contributed by atoms with Crippen LogP contribution in [0.2, 0.25) is 0 Å². The Kier molecular flexibility index (Phi) is 3.23. The molecule has 88 valence electrons. The van der Waals surface area contributed by atoms with Crippen molar-refractivity contribution in [2.75, 3.05) is 7.11 Å². The van der Waals surface area contributed by atoms with Gasteiger partial charge in [-0.25, -0.2) is 14.1 Å². The lowest BCUT2D eigenvalue weighted by Crippen LogP contribution is -2.35. The summed E-state index contributed by atoms with van der Waals surface area (Å²) in [6, 6.07) is 9.77. The lowest BCUT2D eigenvalue weighted by molar-refractivity contribution is -0.672. The van der Waals surface area contributed by atoms with E-state index in [-0.39, 0.29) is 0 Å². The average molecular weight is 230 g/mol. The molecule has 0 atom stereocenters. The van der Waals surface area contributed by atoms with Gasteiger partial charge in [-0.2, -0.15) is 0 Å². The molecule has 0 aliphatic rings. The van der Waals surface area contributed by atoms with Crippen LogP contribution in [0.5, 0.6) is 0 Å². The molecule has 0 bridgehead atoms. The fourth-order valence-electron chi connectivity index (χ4n) is 1.70. The van der Waals surface area contributed by atoms with Crippen LogP contribution in [0.4, 0.5) is 5.69 Å². The fourth-order valence-corrected chi connectivity index (χ4v) is 1.70. The lowest BCUT2D eigenvalue weighted by Gasteiger charge is -2.02. The third-order valence-corrected chi connectivity index (χ3v) is 2.55. The number of benzene rings is 1. The van der Waals surface area contributed by atoms with Crippen molar-refractivity contribution in [3.63, 3.8) is 0 Å². The summed E-state index contributed by atoms with van der Waals surface area (Å²) in [5.41, 5.74) is 0.880. The summed E-state index contributed by atoms with van der Waals surface area (Å²) in [5, 5.41) is 0. The van der Waals surface area contributed by atoms with Gasteiger partial charge in [0.25, 0.3) is 0 Å². The molecule has 0 amide bonds. The normalized spacial score (nSPS) is 11.6. The van der Waals surface area contributed by atoms with E-state index < -0.39 is 0 Å². The SMILES string of the molecule is COC(=Nc1ccccc1)c1n(C)cc[n+]1C.